The van der Waals surface area contributed by atoms with Gasteiger partial charge in [0, 0.05) is 11.2 Å². The molecule has 0 saturated heterocycles. The minimum absolute atomic E-state index is 0.159. The van der Waals surface area contributed by atoms with Gasteiger partial charge in [-0.3, -0.25) is 14.0 Å². The number of aromatic nitrogens is 2. The van der Waals surface area contributed by atoms with Crippen molar-refractivity contribution < 1.29 is 4.79 Å². The van der Waals surface area contributed by atoms with Crippen molar-refractivity contribution in [1.82, 2.24) is 9.38 Å². The predicted octanol–water partition coefficient (Wildman–Crippen LogP) is 3.15. The molecule has 0 bridgehead atoms. The minimum Gasteiger partial charge on any atom is -0.320 e. The summed E-state index contributed by atoms with van der Waals surface area (Å²) < 4.78 is 1.44. The molecule has 0 unspecified atom stereocenters. The molecule has 0 aliphatic rings. The van der Waals surface area contributed by atoms with E-state index in [1.807, 2.05) is 13.0 Å². The number of pyridine rings is 1. The maximum absolute atomic E-state index is 12.6. The van der Waals surface area contributed by atoms with Crippen LogP contribution in [0.5, 0.6) is 0 Å². The number of aryl methyl sites for hydroxylation is 2. The molecule has 3 aromatic rings. The SMILES string of the molecule is Cc1ccc2nc(C)c(NC(=O)Cc3ccc(Cl)cc3)c(=O)n2c1. The van der Waals surface area contributed by atoms with E-state index in [9.17, 15) is 9.59 Å². The van der Waals surface area contributed by atoms with Gasteiger partial charge in [0.2, 0.25) is 5.91 Å². The number of anilines is 1. The van der Waals surface area contributed by atoms with Gasteiger partial charge in [0.05, 0.1) is 12.1 Å². The monoisotopic (exact) mass is 341 g/mol. The quantitative estimate of drug-likeness (QED) is 0.796. The molecule has 5 nitrogen and oxygen atoms in total. The fourth-order valence-corrected chi connectivity index (χ4v) is 2.60. The van der Waals surface area contributed by atoms with Crippen molar-refractivity contribution >= 4 is 28.8 Å². The van der Waals surface area contributed by atoms with E-state index >= 15 is 0 Å². The van der Waals surface area contributed by atoms with Gasteiger partial charge in [0.15, 0.2) is 0 Å². The zero-order valence-electron chi connectivity index (χ0n) is 13.3. The molecule has 0 fully saturated rings. The number of amides is 1. The van der Waals surface area contributed by atoms with E-state index in [1.165, 1.54) is 4.40 Å². The van der Waals surface area contributed by atoms with Gasteiger partial charge in [-0.05, 0) is 43.2 Å². The van der Waals surface area contributed by atoms with Crippen molar-refractivity contribution in [3.05, 3.63) is 74.8 Å². The molecule has 122 valence electrons. The average molecular weight is 342 g/mol. The fourth-order valence-electron chi connectivity index (χ4n) is 2.47. The van der Waals surface area contributed by atoms with Crippen molar-refractivity contribution in [2.45, 2.75) is 20.3 Å². The Hall–Kier alpha value is -2.66. The van der Waals surface area contributed by atoms with Crippen molar-refractivity contribution in [1.29, 1.82) is 0 Å². The van der Waals surface area contributed by atoms with Crippen LogP contribution in [-0.4, -0.2) is 15.3 Å². The first kappa shape index (κ1) is 16.2. The Morgan fingerprint density at radius 2 is 1.88 bits per heavy atom. The summed E-state index contributed by atoms with van der Waals surface area (Å²) in [4.78, 5) is 29.3. The zero-order chi connectivity index (χ0) is 17.3. The van der Waals surface area contributed by atoms with E-state index in [1.54, 1.807) is 43.5 Å². The summed E-state index contributed by atoms with van der Waals surface area (Å²) in [5.41, 5.74) is 2.72. The van der Waals surface area contributed by atoms with E-state index in [0.717, 1.165) is 11.1 Å². The Labute approximate surface area is 143 Å². The number of nitrogens with zero attached hydrogens (tertiary/aromatic N) is 2. The Balaban J connectivity index is 1.90. The molecule has 1 aromatic carbocycles. The summed E-state index contributed by atoms with van der Waals surface area (Å²) in [6.45, 7) is 3.60. The molecule has 6 heteroatoms. The zero-order valence-corrected chi connectivity index (χ0v) is 14.1. The van der Waals surface area contributed by atoms with E-state index in [-0.39, 0.29) is 23.6 Å². The number of nitrogens with one attached hydrogen (secondary N) is 1. The van der Waals surface area contributed by atoms with Crippen LogP contribution in [-0.2, 0) is 11.2 Å². The van der Waals surface area contributed by atoms with Crippen LogP contribution in [0.15, 0.2) is 47.4 Å². The number of rotatable bonds is 3. The summed E-state index contributed by atoms with van der Waals surface area (Å²) in [7, 11) is 0. The molecular weight excluding hydrogens is 326 g/mol. The van der Waals surface area contributed by atoms with Gasteiger partial charge in [-0.15, -0.1) is 0 Å². The number of benzene rings is 1. The minimum atomic E-state index is -0.286. The van der Waals surface area contributed by atoms with Crippen molar-refractivity contribution in [2.75, 3.05) is 5.32 Å². The average Bonchev–Trinajstić information content (AvgIpc) is 2.54. The molecule has 24 heavy (non-hydrogen) atoms. The predicted molar refractivity (Wildman–Crippen MR) is 94.7 cm³/mol. The summed E-state index contributed by atoms with van der Waals surface area (Å²) in [6.07, 6.45) is 1.87. The first-order chi connectivity index (χ1) is 11.4. The van der Waals surface area contributed by atoms with Gasteiger partial charge in [-0.1, -0.05) is 29.8 Å². The van der Waals surface area contributed by atoms with Gasteiger partial charge >= 0.3 is 0 Å². The van der Waals surface area contributed by atoms with Crippen LogP contribution < -0.4 is 10.9 Å². The van der Waals surface area contributed by atoms with Crippen LogP contribution in [0.3, 0.4) is 0 Å². The van der Waals surface area contributed by atoms with Gasteiger partial charge in [0.1, 0.15) is 11.3 Å². The van der Waals surface area contributed by atoms with E-state index in [2.05, 4.69) is 10.3 Å². The topological polar surface area (TPSA) is 63.5 Å². The van der Waals surface area contributed by atoms with Crippen LogP contribution in [0, 0.1) is 13.8 Å². The van der Waals surface area contributed by atoms with Crippen LogP contribution >= 0.6 is 11.6 Å². The Bertz CT molecular complexity index is 978. The Morgan fingerprint density at radius 1 is 1.17 bits per heavy atom. The number of halogens is 1. The number of hydrogen-bond acceptors (Lipinski definition) is 3. The summed E-state index contributed by atoms with van der Waals surface area (Å²) in [5, 5.41) is 3.30. The molecule has 2 aromatic heterocycles. The lowest BCUT2D eigenvalue weighted by atomic mass is 10.1. The van der Waals surface area contributed by atoms with Crippen molar-refractivity contribution in [3.63, 3.8) is 0 Å². The maximum Gasteiger partial charge on any atom is 0.281 e. The number of hydrogen-bond donors (Lipinski definition) is 1. The number of fused-ring (bicyclic) bond motifs is 1. The van der Waals surface area contributed by atoms with E-state index in [0.29, 0.717) is 16.4 Å². The molecule has 0 atom stereocenters. The highest BCUT2D eigenvalue weighted by molar-refractivity contribution is 6.30. The molecule has 0 aliphatic carbocycles. The second-order valence-electron chi connectivity index (χ2n) is 5.66. The normalized spacial score (nSPS) is 10.8. The first-order valence-electron chi connectivity index (χ1n) is 7.48. The van der Waals surface area contributed by atoms with Crippen LogP contribution in [0.1, 0.15) is 16.8 Å². The standard InChI is InChI=1S/C18H16ClN3O2/c1-11-3-8-15-20-12(2)17(18(24)22(15)10-11)21-16(23)9-13-4-6-14(19)7-5-13/h3-8,10H,9H2,1-2H3,(H,21,23). The fraction of sp³-hybridized carbons (Fsp3) is 0.167. The van der Waals surface area contributed by atoms with Gasteiger partial charge in [-0.2, -0.15) is 0 Å². The largest absolute Gasteiger partial charge is 0.320 e. The molecule has 2 heterocycles. The van der Waals surface area contributed by atoms with Gasteiger partial charge in [-0.25, -0.2) is 4.98 Å². The molecular formula is C18H16ClN3O2. The molecule has 0 saturated carbocycles. The summed E-state index contributed by atoms with van der Waals surface area (Å²) in [5.74, 6) is -0.271. The Kier molecular flexibility index (Phi) is 4.36. The molecule has 1 N–H and O–H groups in total. The summed E-state index contributed by atoms with van der Waals surface area (Å²) in [6, 6.07) is 10.7. The Morgan fingerprint density at radius 3 is 2.58 bits per heavy atom. The third-order valence-corrected chi connectivity index (χ3v) is 3.95. The molecule has 0 spiro atoms. The van der Waals surface area contributed by atoms with Gasteiger partial charge in [0.25, 0.3) is 5.56 Å². The molecule has 1 amide bonds. The lowest BCUT2D eigenvalue weighted by Crippen LogP contribution is -2.26. The van der Waals surface area contributed by atoms with Crippen LogP contribution in [0.4, 0.5) is 5.69 Å². The second kappa shape index (κ2) is 6.45. The summed E-state index contributed by atoms with van der Waals surface area (Å²) >= 11 is 5.83. The first-order valence-corrected chi connectivity index (χ1v) is 7.86. The van der Waals surface area contributed by atoms with Gasteiger partial charge < -0.3 is 5.32 Å². The van der Waals surface area contributed by atoms with E-state index < -0.39 is 0 Å². The lowest BCUT2D eigenvalue weighted by Gasteiger charge is -2.10. The van der Waals surface area contributed by atoms with Crippen LogP contribution in [0.2, 0.25) is 5.02 Å². The van der Waals surface area contributed by atoms with Crippen molar-refractivity contribution in [3.8, 4) is 0 Å². The highest BCUT2D eigenvalue weighted by atomic mass is 35.5. The lowest BCUT2D eigenvalue weighted by molar-refractivity contribution is -0.115. The second-order valence-corrected chi connectivity index (χ2v) is 6.10. The van der Waals surface area contributed by atoms with E-state index in [4.69, 9.17) is 11.6 Å². The molecule has 0 radical (unpaired) electrons. The number of carbonyl (C=O) groups is 1. The maximum atomic E-state index is 12.6. The highest BCUT2D eigenvalue weighted by Gasteiger charge is 2.13. The third-order valence-electron chi connectivity index (χ3n) is 3.69. The molecule has 3 rings (SSSR count). The van der Waals surface area contributed by atoms with Crippen molar-refractivity contribution in [2.24, 2.45) is 0 Å². The third kappa shape index (κ3) is 3.31. The molecule has 0 aliphatic heterocycles. The van der Waals surface area contributed by atoms with Crippen LogP contribution in [0.25, 0.3) is 5.65 Å². The number of carbonyl (C=O) groups excluding carboxylic acids is 1. The smallest absolute Gasteiger partial charge is 0.281 e. The highest BCUT2D eigenvalue weighted by Crippen LogP contribution is 2.12.